The first-order valence-corrected chi connectivity index (χ1v) is 9.82. The van der Waals surface area contributed by atoms with E-state index in [0.717, 1.165) is 5.56 Å². The van der Waals surface area contributed by atoms with Crippen LogP contribution < -0.4 is 25.6 Å². The number of para-hydroxylation sites is 1. The average molecular weight is 428 g/mol. The van der Waals surface area contributed by atoms with Crippen LogP contribution in [0.5, 0.6) is 5.75 Å². The lowest BCUT2D eigenvalue weighted by atomic mass is 10.2. The summed E-state index contributed by atoms with van der Waals surface area (Å²) < 4.78 is 5.41. The van der Waals surface area contributed by atoms with E-state index in [-0.39, 0.29) is 12.5 Å². The molecule has 0 fully saturated rings. The summed E-state index contributed by atoms with van der Waals surface area (Å²) in [6, 6.07) is 11.9. The van der Waals surface area contributed by atoms with Gasteiger partial charge in [0.2, 0.25) is 5.91 Å². The van der Waals surface area contributed by atoms with Crippen molar-refractivity contribution in [2.45, 2.75) is 33.4 Å². The van der Waals surface area contributed by atoms with Crippen molar-refractivity contribution in [2.75, 3.05) is 29.2 Å². The fourth-order valence-electron chi connectivity index (χ4n) is 3.11. The maximum absolute atomic E-state index is 12.4. The Balaban J connectivity index is 2.26. The number of carbonyl (C=O) groups is 3. The van der Waals surface area contributed by atoms with Crippen LogP contribution in [0, 0.1) is 6.92 Å². The number of nitrogens with one attached hydrogen (secondary N) is 3. The number of hydrogen-bond donors (Lipinski definition) is 4. The van der Waals surface area contributed by atoms with Crippen LogP contribution >= 0.6 is 0 Å². The monoisotopic (exact) mass is 428 g/mol. The minimum atomic E-state index is -1.04. The summed E-state index contributed by atoms with van der Waals surface area (Å²) in [5.74, 6) is -0.951. The second-order valence-electron chi connectivity index (χ2n) is 6.92. The molecule has 2 rings (SSSR count). The molecule has 0 radical (unpaired) electrons. The molecule has 0 spiro atoms. The van der Waals surface area contributed by atoms with Crippen LogP contribution in [-0.2, 0) is 9.59 Å². The van der Waals surface area contributed by atoms with Crippen molar-refractivity contribution in [3.05, 3.63) is 48.0 Å². The fraction of sp³-hybridized carbons (Fsp3) is 0.318. The number of carbonyl (C=O) groups excluding carboxylic acids is 2. The Hall–Kier alpha value is -3.75. The molecule has 3 amide bonds. The average Bonchev–Trinajstić information content (AvgIpc) is 2.72. The van der Waals surface area contributed by atoms with E-state index in [2.05, 4.69) is 16.0 Å². The summed E-state index contributed by atoms with van der Waals surface area (Å²) in [4.78, 5) is 36.9. The predicted molar refractivity (Wildman–Crippen MR) is 120 cm³/mol. The van der Waals surface area contributed by atoms with Gasteiger partial charge >= 0.3 is 12.0 Å². The fourth-order valence-corrected chi connectivity index (χ4v) is 3.11. The van der Waals surface area contributed by atoms with E-state index >= 15 is 0 Å². The number of ether oxygens (including phenoxy) is 1. The first kappa shape index (κ1) is 23.5. The number of benzene rings is 2. The smallest absolute Gasteiger partial charge is 0.323 e. The van der Waals surface area contributed by atoms with Gasteiger partial charge in [0.15, 0.2) is 0 Å². The second-order valence-corrected chi connectivity index (χ2v) is 6.92. The molecule has 0 aliphatic heterocycles. The van der Waals surface area contributed by atoms with E-state index in [1.165, 1.54) is 14.0 Å². The molecule has 0 bridgehead atoms. The number of aryl methyl sites for hydroxylation is 1. The first-order chi connectivity index (χ1) is 14.7. The van der Waals surface area contributed by atoms with E-state index < -0.39 is 18.2 Å². The van der Waals surface area contributed by atoms with E-state index in [1.807, 2.05) is 32.0 Å². The van der Waals surface area contributed by atoms with E-state index in [0.29, 0.717) is 29.2 Å². The largest absolute Gasteiger partial charge is 0.494 e. The molecule has 0 saturated heterocycles. The molecule has 0 aromatic heterocycles. The number of anilines is 3. The van der Waals surface area contributed by atoms with Gasteiger partial charge in [0, 0.05) is 24.4 Å². The van der Waals surface area contributed by atoms with Crippen LogP contribution in [-0.4, -0.2) is 42.8 Å². The number of hydrogen-bond acceptors (Lipinski definition) is 5. The predicted octanol–water partition coefficient (Wildman–Crippen LogP) is 3.41. The maximum atomic E-state index is 12.4. The Morgan fingerprint density at radius 2 is 1.77 bits per heavy atom. The number of methoxy groups -OCH3 is 1. The van der Waals surface area contributed by atoms with Crippen molar-refractivity contribution < 1.29 is 24.2 Å². The van der Waals surface area contributed by atoms with Crippen LogP contribution in [0.25, 0.3) is 0 Å². The molecular formula is C22H28N4O5. The summed E-state index contributed by atoms with van der Waals surface area (Å²) in [7, 11) is 1.45. The van der Waals surface area contributed by atoms with Gasteiger partial charge in [0.05, 0.1) is 12.8 Å². The molecule has 0 aliphatic rings. The van der Waals surface area contributed by atoms with Crippen molar-refractivity contribution in [2.24, 2.45) is 0 Å². The number of rotatable bonds is 9. The normalized spacial score (nSPS) is 11.2. The molecule has 1 unspecified atom stereocenters. The number of carboxylic acids is 1. The number of aliphatic carboxylic acids is 1. The number of nitrogens with zero attached hydrogens (tertiary/aromatic N) is 1. The molecule has 0 saturated carbocycles. The topological polar surface area (TPSA) is 120 Å². The zero-order valence-corrected chi connectivity index (χ0v) is 18.1. The third kappa shape index (κ3) is 6.63. The molecule has 1 atom stereocenters. The Bertz CT molecular complexity index is 947. The van der Waals surface area contributed by atoms with Gasteiger partial charge in [0.1, 0.15) is 18.5 Å². The summed E-state index contributed by atoms with van der Waals surface area (Å²) in [5.41, 5.74) is 2.56. The zero-order valence-electron chi connectivity index (χ0n) is 18.1. The van der Waals surface area contributed by atoms with Gasteiger partial charge in [-0.1, -0.05) is 25.1 Å². The third-order valence-electron chi connectivity index (χ3n) is 4.60. The SMILES string of the molecule is CCC(NC(C)=O)N(CC(=O)O)c1ccc(NC(=O)Nc2ccccc2C)c(OC)c1. The Labute approximate surface area is 181 Å². The molecule has 2 aromatic rings. The highest BCUT2D eigenvalue weighted by atomic mass is 16.5. The maximum Gasteiger partial charge on any atom is 0.323 e. The zero-order chi connectivity index (χ0) is 23.0. The lowest BCUT2D eigenvalue weighted by molar-refractivity contribution is -0.135. The minimum absolute atomic E-state index is 0.264. The lowest BCUT2D eigenvalue weighted by Crippen LogP contribution is -2.49. The van der Waals surface area contributed by atoms with E-state index in [1.54, 1.807) is 29.2 Å². The summed E-state index contributed by atoms with van der Waals surface area (Å²) in [6.45, 7) is 4.80. The molecule has 0 aliphatic carbocycles. The van der Waals surface area contributed by atoms with Crippen molar-refractivity contribution in [1.29, 1.82) is 0 Å². The standard InChI is InChI=1S/C22H28N4O5/c1-5-20(23-15(3)27)26(13-21(28)29)16-10-11-18(19(12-16)31-4)25-22(30)24-17-9-7-6-8-14(17)2/h6-12,20H,5,13H2,1-4H3,(H,23,27)(H,28,29)(H2,24,25,30). The molecule has 9 heteroatoms. The molecule has 9 nitrogen and oxygen atoms in total. The molecule has 166 valence electrons. The number of carboxylic acid groups (broad SMARTS) is 1. The Morgan fingerprint density at radius 3 is 2.35 bits per heavy atom. The van der Waals surface area contributed by atoms with Crippen LogP contribution in [0.4, 0.5) is 21.9 Å². The lowest BCUT2D eigenvalue weighted by Gasteiger charge is -2.32. The quantitative estimate of drug-likeness (QED) is 0.454. The van der Waals surface area contributed by atoms with E-state index in [9.17, 15) is 19.5 Å². The van der Waals surface area contributed by atoms with Gasteiger partial charge in [-0.3, -0.25) is 9.59 Å². The highest BCUT2D eigenvalue weighted by molar-refractivity contribution is 6.01. The molecule has 4 N–H and O–H groups in total. The minimum Gasteiger partial charge on any atom is -0.494 e. The summed E-state index contributed by atoms with van der Waals surface area (Å²) >= 11 is 0. The first-order valence-electron chi connectivity index (χ1n) is 9.82. The Morgan fingerprint density at radius 1 is 1.10 bits per heavy atom. The van der Waals surface area contributed by atoms with Crippen molar-refractivity contribution >= 4 is 35.0 Å². The highest BCUT2D eigenvalue weighted by Crippen LogP contribution is 2.31. The number of urea groups is 1. The third-order valence-corrected chi connectivity index (χ3v) is 4.60. The van der Waals surface area contributed by atoms with Crippen molar-refractivity contribution in [1.82, 2.24) is 5.32 Å². The summed E-state index contributed by atoms with van der Waals surface area (Å²) in [5, 5.41) is 17.6. The van der Waals surface area contributed by atoms with Gasteiger partial charge in [-0.05, 0) is 37.1 Å². The van der Waals surface area contributed by atoms with Crippen LogP contribution in [0.15, 0.2) is 42.5 Å². The second kappa shape index (κ2) is 10.9. The molecular weight excluding hydrogens is 400 g/mol. The molecule has 2 aromatic carbocycles. The van der Waals surface area contributed by atoms with Crippen LogP contribution in [0.1, 0.15) is 25.8 Å². The van der Waals surface area contributed by atoms with Gasteiger partial charge in [0.25, 0.3) is 0 Å². The van der Waals surface area contributed by atoms with Crippen molar-refractivity contribution in [3.8, 4) is 5.75 Å². The van der Waals surface area contributed by atoms with Crippen molar-refractivity contribution in [3.63, 3.8) is 0 Å². The van der Waals surface area contributed by atoms with Gasteiger partial charge < -0.3 is 30.7 Å². The molecule has 31 heavy (non-hydrogen) atoms. The van der Waals surface area contributed by atoms with Gasteiger partial charge in [-0.25, -0.2) is 4.79 Å². The van der Waals surface area contributed by atoms with Crippen LogP contribution in [0.3, 0.4) is 0 Å². The highest BCUT2D eigenvalue weighted by Gasteiger charge is 2.22. The molecule has 0 heterocycles. The van der Waals surface area contributed by atoms with Gasteiger partial charge in [-0.15, -0.1) is 0 Å². The number of amides is 3. The van der Waals surface area contributed by atoms with Gasteiger partial charge in [-0.2, -0.15) is 0 Å². The van der Waals surface area contributed by atoms with Crippen LogP contribution in [0.2, 0.25) is 0 Å². The summed E-state index contributed by atoms with van der Waals surface area (Å²) in [6.07, 6.45) is -0.0185. The van der Waals surface area contributed by atoms with E-state index in [4.69, 9.17) is 4.74 Å². The Kier molecular flexibility index (Phi) is 8.25.